The molecule has 0 saturated carbocycles. The molecule has 1 aromatic rings. The summed E-state index contributed by atoms with van der Waals surface area (Å²) in [5.41, 5.74) is 0.312. The van der Waals surface area contributed by atoms with Crippen molar-refractivity contribution in [2.75, 3.05) is 31.6 Å². The maximum absolute atomic E-state index is 12.3. The van der Waals surface area contributed by atoms with Gasteiger partial charge in [-0.2, -0.15) is 0 Å². The third-order valence-corrected chi connectivity index (χ3v) is 3.13. The molecule has 0 aliphatic carbocycles. The zero-order valence-electron chi connectivity index (χ0n) is 12.0. The van der Waals surface area contributed by atoms with Gasteiger partial charge in [-0.15, -0.1) is 0 Å². The number of benzene rings is 1. The van der Waals surface area contributed by atoms with Crippen molar-refractivity contribution in [2.45, 2.75) is 20.8 Å². The molecule has 106 valence electrons. The third kappa shape index (κ3) is 5.01. The second kappa shape index (κ2) is 7.26. The molecule has 0 heterocycles. The van der Waals surface area contributed by atoms with Gasteiger partial charge >= 0.3 is 0 Å². The fraction of sp³-hybridized carbons (Fsp3) is 0.533. The van der Waals surface area contributed by atoms with E-state index in [1.54, 1.807) is 0 Å². The SMILES string of the molecule is CCN(CCO)CC(C)(C)C(=O)Nc1ccccc1. The van der Waals surface area contributed by atoms with Crippen molar-refractivity contribution in [1.82, 2.24) is 4.90 Å². The number of para-hydroxylation sites is 1. The number of likely N-dealkylation sites (N-methyl/N-ethyl adjacent to an activating group) is 1. The topological polar surface area (TPSA) is 52.6 Å². The van der Waals surface area contributed by atoms with E-state index in [0.29, 0.717) is 13.1 Å². The molecular formula is C15H24N2O2. The van der Waals surface area contributed by atoms with Gasteiger partial charge in [0.2, 0.25) is 5.91 Å². The number of carbonyl (C=O) groups is 1. The lowest BCUT2D eigenvalue weighted by Gasteiger charge is -2.30. The molecule has 0 fully saturated rings. The Balaban J connectivity index is 2.63. The number of nitrogens with one attached hydrogen (secondary N) is 1. The average Bonchev–Trinajstić information content (AvgIpc) is 2.39. The number of carbonyl (C=O) groups excluding carboxylic acids is 1. The van der Waals surface area contributed by atoms with Crippen molar-refractivity contribution in [2.24, 2.45) is 5.41 Å². The summed E-state index contributed by atoms with van der Waals surface area (Å²) in [7, 11) is 0. The van der Waals surface area contributed by atoms with E-state index in [0.717, 1.165) is 12.2 Å². The molecule has 2 N–H and O–H groups in total. The first kappa shape index (κ1) is 15.7. The molecule has 4 nitrogen and oxygen atoms in total. The Labute approximate surface area is 115 Å². The van der Waals surface area contributed by atoms with Gasteiger partial charge in [0.05, 0.1) is 12.0 Å². The molecule has 19 heavy (non-hydrogen) atoms. The largest absolute Gasteiger partial charge is 0.395 e. The Morgan fingerprint density at radius 2 is 1.95 bits per heavy atom. The van der Waals surface area contributed by atoms with Crippen LogP contribution in [0.2, 0.25) is 0 Å². The molecule has 0 aliphatic rings. The van der Waals surface area contributed by atoms with E-state index in [-0.39, 0.29) is 12.5 Å². The summed E-state index contributed by atoms with van der Waals surface area (Å²) >= 11 is 0. The molecule has 1 amide bonds. The maximum atomic E-state index is 12.3. The number of anilines is 1. The van der Waals surface area contributed by atoms with Gasteiger partial charge in [-0.25, -0.2) is 0 Å². The lowest BCUT2D eigenvalue weighted by molar-refractivity contribution is -0.125. The van der Waals surface area contributed by atoms with Crippen LogP contribution in [-0.4, -0.2) is 42.2 Å². The van der Waals surface area contributed by atoms with Gasteiger partial charge in [-0.3, -0.25) is 4.79 Å². The number of aliphatic hydroxyl groups excluding tert-OH is 1. The number of hydrogen-bond acceptors (Lipinski definition) is 3. The first-order valence-electron chi connectivity index (χ1n) is 6.69. The summed E-state index contributed by atoms with van der Waals surface area (Å²) in [6.07, 6.45) is 0. The van der Waals surface area contributed by atoms with Gasteiger partial charge in [0.15, 0.2) is 0 Å². The monoisotopic (exact) mass is 264 g/mol. The molecule has 1 rings (SSSR count). The minimum Gasteiger partial charge on any atom is -0.395 e. The van der Waals surface area contributed by atoms with Crippen LogP contribution in [-0.2, 0) is 4.79 Å². The summed E-state index contributed by atoms with van der Waals surface area (Å²) in [6.45, 7) is 8.03. The minimum atomic E-state index is -0.499. The number of nitrogens with zero attached hydrogens (tertiary/aromatic N) is 1. The van der Waals surface area contributed by atoms with Crippen molar-refractivity contribution < 1.29 is 9.90 Å². The highest BCUT2D eigenvalue weighted by atomic mass is 16.3. The van der Waals surface area contributed by atoms with E-state index in [2.05, 4.69) is 10.2 Å². The van der Waals surface area contributed by atoms with Gasteiger partial charge < -0.3 is 15.3 Å². The summed E-state index contributed by atoms with van der Waals surface area (Å²) < 4.78 is 0. The number of amides is 1. The molecule has 0 unspecified atom stereocenters. The first-order valence-corrected chi connectivity index (χ1v) is 6.69. The highest BCUT2D eigenvalue weighted by molar-refractivity contribution is 5.94. The summed E-state index contributed by atoms with van der Waals surface area (Å²) in [4.78, 5) is 14.4. The summed E-state index contributed by atoms with van der Waals surface area (Å²) in [5.74, 6) is -0.00455. The Bertz CT molecular complexity index is 390. The Morgan fingerprint density at radius 3 is 2.47 bits per heavy atom. The highest BCUT2D eigenvalue weighted by Gasteiger charge is 2.29. The van der Waals surface area contributed by atoms with E-state index in [9.17, 15) is 4.79 Å². The van der Waals surface area contributed by atoms with Gasteiger partial charge in [-0.1, -0.05) is 25.1 Å². The number of hydrogen-bond donors (Lipinski definition) is 2. The maximum Gasteiger partial charge on any atom is 0.231 e. The molecular weight excluding hydrogens is 240 g/mol. The minimum absolute atomic E-state index is 0.00455. The first-order chi connectivity index (χ1) is 8.99. The van der Waals surface area contributed by atoms with Crippen LogP contribution in [0.5, 0.6) is 0 Å². The fourth-order valence-electron chi connectivity index (χ4n) is 1.94. The Hall–Kier alpha value is -1.39. The lowest BCUT2D eigenvalue weighted by atomic mass is 9.91. The van der Waals surface area contributed by atoms with Crippen molar-refractivity contribution in [3.8, 4) is 0 Å². The smallest absolute Gasteiger partial charge is 0.231 e. The zero-order valence-corrected chi connectivity index (χ0v) is 12.0. The molecule has 4 heteroatoms. The standard InChI is InChI=1S/C15H24N2O2/c1-4-17(10-11-18)12-15(2,3)14(19)16-13-8-6-5-7-9-13/h5-9,18H,4,10-12H2,1-3H3,(H,16,19). The van der Waals surface area contributed by atoms with Crippen LogP contribution in [0, 0.1) is 5.41 Å². The molecule has 0 atom stereocenters. The van der Waals surface area contributed by atoms with Crippen LogP contribution >= 0.6 is 0 Å². The molecule has 0 aromatic heterocycles. The van der Waals surface area contributed by atoms with Crippen LogP contribution in [0.15, 0.2) is 30.3 Å². The Kier molecular flexibility index (Phi) is 5.99. The van der Waals surface area contributed by atoms with E-state index < -0.39 is 5.41 Å². The van der Waals surface area contributed by atoms with Gasteiger partial charge in [0, 0.05) is 18.8 Å². The average molecular weight is 264 g/mol. The second-order valence-corrected chi connectivity index (χ2v) is 5.30. The van der Waals surface area contributed by atoms with Crippen molar-refractivity contribution in [3.05, 3.63) is 30.3 Å². The van der Waals surface area contributed by atoms with Crippen LogP contribution in [0.25, 0.3) is 0 Å². The molecule has 0 saturated heterocycles. The third-order valence-electron chi connectivity index (χ3n) is 3.13. The summed E-state index contributed by atoms with van der Waals surface area (Å²) in [6, 6.07) is 9.46. The van der Waals surface area contributed by atoms with Crippen molar-refractivity contribution in [1.29, 1.82) is 0 Å². The molecule has 0 bridgehead atoms. The van der Waals surface area contributed by atoms with Crippen molar-refractivity contribution >= 4 is 11.6 Å². The van der Waals surface area contributed by atoms with Gasteiger partial charge in [0.25, 0.3) is 0 Å². The zero-order chi connectivity index (χ0) is 14.3. The van der Waals surface area contributed by atoms with Crippen LogP contribution < -0.4 is 5.32 Å². The molecule has 0 aliphatic heterocycles. The van der Waals surface area contributed by atoms with Gasteiger partial charge in [0.1, 0.15) is 0 Å². The van der Waals surface area contributed by atoms with Crippen LogP contribution in [0.1, 0.15) is 20.8 Å². The fourth-order valence-corrected chi connectivity index (χ4v) is 1.94. The Morgan fingerprint density at radius 1 is 1.32 bits per heavy atom. The molecule has 0 spiro atoms. The van der Waals surface area contributed by atoms with Crippen LogP contribution in [0.4, 0.5) is 5.69 Å². The second-order valence-electron chi connectivity index (χ2n) is 5.30. The van der Waals surface area contributed by atoms with Gasteiger partial charge in [-0.05, 0) is 32.5 Å². The number of aliphatic hydroxyl groups is 1. The predicted octanol–water partition coefficient (Wildman–Crippen LogP) is 1.97. The van der Waals surface area contributed by atoms with E-state index in [4.69, 9.17) is 5.11 Å². The quantitative estimate of drug-likeness (QED) is 0.791. The van der Waals surface area contributed by atoms with Crippen LogP contribution in [0.3, 0.4) is 0 Å². The van der Waals surface area contributed by atoms with E-state index in [1.165, 1.54) is 0 Å². The number of rotatable bonds is 7. The lowest BCUT2D eigenvalue weighted by Crippen LogP contribution is -2.43. The predicted molar refractivity (Wildman–Crippen MR) is 78.1 cm³/mol. The molecule has 1 aromatic carbocycles. The van der Waals surface area contributed by atoms with E-state index >= 15 is 0 Å². The summed E-state index contributed by atoms with van der Waals surface area (Å²) in [5, 5.41) is 11.9. The molecule has 0 radical (unpaired) electrons. The normalized spacial score (nSPS) is 11.6. The van der Waals surface area contributed by atoms with E-state index in [1.807, 2.05) is 51.1 Å². The highest BCUT2D eigenvalue weighted by Crippen LogP contribution is 2.20. The van der Waals surface area contributed by atoms with Crippen molar-refractivity contribution in [3.63, 3.8) is 0 Å².